The van der Waals surface area contributed by atoms with Gasteiger partial charge in [0.2, 0.25) is 5.95 Å². The van der Waals surface area contributed by atoms with E-state index in [-0.39, 0.29) is 11.6 Å². The Morgan fingerprint density at radius 1 is 1.11 bits per heavy atom. The topological polar surface area (TPSA) is 76.1 Å². The molecule has 0 atom stereocenters. The molecule has 0 radical (unpaired) electrons. The van der Waals surface area contributed by atoms with Gasteiger partial charge < -0.3 is 15.4 Å². The third kappa shape index (κ3) is 4.61. The lowest BCUT2D eigenvalue weighted by Crippen LogP contribution is -2.15. The van der Waals surface area contributed by atoms with Crippen LogP contribution in [0.1, 0.15) is 28.5 Å². The molecule has 27 heavy (non-hydrogen) atoms. The van der Waals surface area contributed by atoms with E-state index in [4.69, 9.17) is 4.74 Å². The van der Waals surface area contributed by atoms with Gasteiger partial charge in [0.15, 0.2) is 0 Å². The standard InChI is InChI=1S/C21H22N4O2/c1-4-15-6-8-16(9-7-15)23-21-22-12-11-17(25-21)20(26)24-18-13-14(2)5-10-19(18)27-3/h5-13H,4H2,1-3H3,(H,24,26)(H,22,23,25). The quantitative estimate of drug-likeness (QED) is 0.682. The summed E-state index contributed by atoms with van der Waals surface area (Å²) in [5, 5.41) is 5.96. The Bertz CT molecular complexity index is 939. The molecule has 0 bridgehead atoms. The van der Waals surface area contributed by atoms with E-state index in [1.807, 2.05) is 49.4 Å². The number of aryl methyl sites for hydroxylation is 2. The number of rotatable bonds is 6. The summed E-state index contributed by atoms with van der Waals surface area (Å²) in [6.07, 6.45) is 2.53. The van der Waals surface area contributed by atoms with Gasteiger partial charge in [-0.25, -0.2) is 9.97 Å². The lowest BCUT2D eigenvalue weighted by atomic mass is 10.1. The number of anilines is 3. The fourth-order valence-electron chi connectivity index (χ4n) is 2.60. The summed E-state index contributed by atoms with van der Waals surface area (Å²) in [5.74, 6) is 0.631. The second-order valence-corrected chi connectivity index (χ2v) is 6.10. The van der Waals surface area contributed by atoms with Crippen LogP contribution in [-0.2, 0) is 6.42 Å². The first-order valence-corrected chi connectivity index (χ1v) is 8.74. The van der Waals surface area contributed by atoms with Gasteiger partial charge in [-0.3, -0.25) is 4.79 Å². The highest BCUT2D eigenvalue weighted by atomic mass is 16.5. The van der Waals surface area contributed by atoms with E-state index < -0.39 is 0 Å². The van der Waals surface area contributed by atoms with Crippen LogP contribution in [0.3, 0.4) is 0 Å². The maximum atomic E-state index is 12.6. The van der Waals surface area contributed by atoms with Crippen molar-refractivity contribution in [1.29, 1.82) is 0 Å². The Morgan fingerprint density at radius 3 is 2.59 bits per heavy atom. The molecule has 0 fully saturated rings. The highest BCUT2D eigenvalue weighted by Gasteiger charge is 2.12. The molecule has 0 saturated carbocycles. The minimum Gasteiger partial charge on any atom is -0.495 e. The summed E-state index contributed by atoms with van der Waals surface area (Å²) in [6, 6.07) is 15.2. The lowest BCUT2D eigenvalue weighted by Gasteiger charge is -2.11. The number of carbonyl (C=O) groups excluding carboxylic acids is 1. The van der Waals surface area contributed by atoms with Crippen LogP contribution in [0.5, 0.6) is 5.75 Å². The SMILES string of the molecule is CCc1ccc(Nc2nccc(C(=O)Nc3cc(C)ccc3OC)n2)cc1. The second-order valence-electron chi connectivity index (χ2n) is 6.10. The predicted molar refractivity (Wildman–Crippen MR) is 107 cm³/mol. The van der Waals surface area contributed by atoms with E-state index in [2.05, 4.69) is 27.5 Å². The minimum atomic E-state index is -0.328. The van der Waals surface area contributed by atoms with Crippen molar-refractivity contribution in [2.75, 3.05) is 17.7 Å². The van der Waals surface area contributed by atoms with Gasteiger partial charge >= 0.3 is 0 Å². The molecule has 0 aliphatic carbocycles. The number of ether oxygens (including phenoxy) is 1. The molecule has 3 rings (SSSR count). The Balaban J connectivity index is 1.76. The molecule has 138 valence electrons. The Hall–Kier alpha value is -3.41. The van der Waals surface area contributed by atoms with Crippen molar-refractivity contribution in [1.82, 2.24) is 9.97 Å². The minimum absolute atomic E-state index is 0.265. The van der Waals surface area contributed by atoms with Gasteiger partial charge in [-0.05, 0) is 54.8 Å². The molecule has 6 nitrogen and oxygen atoms in total. The van der Waals surface area contributed by atoms with Crippen LogP contribution >= 0.6 is 0 Å². The van der Waals surface area contributed by atoms with Crippen molar-refractivity contribution >= 4 is 23.2 Å². The first-order chi connectivity index (χ1) is 13.1. The predicted octanol–water partition coefficient (Wildman–Crippen LogP) is 4.35. The molecule has 1 heterocycles. The fourth-order valence-corrected chi connectivity index (χ4v) is 2.60. The van der Waals surface area contributed by atoms with E-state index in [0.29, 0.717) is 17.4 Å². The zero-order chi connectivity index (χ0) is 19.2. The highest BCUT2D eigenvalue weighted by Crippen LogP contribution is 2.25. The molecule has 0 spiro atoms. The Kier molecular flexibility index (Phi) is 5.66. The van der Waals surface area contributed by atoms with Gasteiger partial charge in [0.1, 0.15) is 11.4 Å². The van der Waals surface area contributed by atoms with Crippen LogP contribution in [0.15, 0.2) is 54.7 Å². The second kappa shape index (κ2) is 8.31. The van der Waals surface area contributed by atoms with Crippen molar-refractivity contribution < 1.29 is 9.53 Å². The molecule has 0 aliphatic rings. The van der Waals surface area contributed by atoms with Crippen molar-refractivity contribution in [3.8, 4) is 5.75 Å². The molecule has 0 saturated heterocycles. The first-order valence-electron chi connectivity index (χ1n) is 8.74. The smallest absolute Gasteiger partial charge is 0.274 e. The van der Waals surface area contributed by atoms with Crippen LogP contribution in [0.4, 0.5) is 17.3 Å². The summed E-state index contributed by atoms with van der Waals surface area (Å²) in [5.41, 5.74) is 4.01. The fraction of sp³-hybridized carbons (Fsp3) is 0.190. The molecule has 1 amide bonds. The van der Waals surface area contributed by atoms with Crippen molar-refractivity contribution in [2.24, 2.45) is 0 Å². The highest BCUT2D eigenvalue weighted by molar-refractivity contribution is 6.03. The van der Waals surface area contributed by atoms with E-state index in [0.717, 1.165) is 17.7 Å². The number of hydrogen-bond donors (Lipinski definition) is 2. The van der Waals surface area contributed by atoms with Gasteiger partial charge in [0.05, 0.1) is 12.8 Å². The van der Waals surface area contributed by atoms with Gasteiger partial charge in [0, 0.05) is 11.9 Å². The van der Waals surface area contributed by atoms with Crippen LogP contribution < -0.4 is 15.4 Å². The zero-order valence-electron chi connectivity index (χ0n) is 15.6. The number of nitrogens with one attached hydrogen (secondary N) is 2. The molecule has 2 aromatic carbocycles. The summed E-state index contributed by atoms with van der Waals surface area (Å²) in [6.45, 7) is 4.06. The molecule has 0 unspecified atom stereocenters. The zero-order valence-corrected chi connectivity index (χ0v) is 15.6. The van der Waals surface area contributed by atoms with Crippen molar-refractivity contribution in [2.45, 2.75) is 20.3 Å². The van der Waals surface area contributed by atoms with Crippen molar-refractivity contribution in [3.05, 3.63) is 71.5 Å². The normalized spacial score (nSPS) is 10.3. The summed E-state index contributed by atoms with van der Waals surface area (Å²) < 4.78 is 5.30. The average molecular weight is 362 g/mol. The number of methoxy groups -OCH3 is 1. The van der Waals surface area contributed by atoms with Gasteiger partial charge in [-0.15, -0.1) is 0 Å². The largest absolute Gasteiger partial charge is 0.495 e. The third-order valence-corrected chi connectivity index (χ3v) is 4.11. The molecular formula is C21H22N4O2. The average Bonchev–Trinajstić information content (AvgIpc) is 2.69. The third-order valence-electron chi connectivity index (χ3n) is 4.11. The molecule has 0 aliphatic heterocycles. The number of benzene rings is 2. The van der Waals surface area contributed by atoms with Crippen molar-refractivity contribution in [3.63, 3.8) is 0 Å². The van der Waals surface area contributed by atoms with E-state index in [1.165, 1.54) is 5.56 Å². The molecule has 1 aromatic heterocycles. The number of nitrogens with zero attached hydrogens (tertiary/aromatic N) is 2. The maximum Gasteiger partial charge on any atom is 0.274 e. The van der Waals surface area contributed by atoms with Gasteiger partial charge in [-0.1, -0.05) is 25.1 Å². The van der Waals surface area contributed by atoms with E-state index in [9.17, 15) is 4.79 Å². The molecular weight excluding hydrogens is 340 g/mol. The summed E-state index contributed by atoms with van der Waals surface area (Å²) >= 11 is 0. The summed E-state index contributed by atoms with van der Waals surface area (Å²) in [7, 11) is 1.57. The number of hydrogen-bond acceptors (Lipinski definition) is 5. The number of amides is 1. The summed E-state index contributed by atoms with van der Waals surface area (Å²) in [4.78, 5) is 21.1. The van der Waals surface area contributed by atoms with Gasteiger partial charge in [-0.2, -0.15) is 0 Å². The van der Waals surface area contributed by atoms with E-state index >= 15 is 0 Å². The lowest BCUT2D eigenvalue weighted by molar-refractivity contribution is 0.102. The Labute approximate surface area is 158 Å². The number of aromatic nitrogens is 2. The van der Waals surface area contributed by atoms with Crippen LogP contribution in [0, 0.1) is 6.92 Å². The monoisotopic (exact) mass is 362 g/mol. The number of carbonyl (C=O) groups is 1. The van der Waals surface area contributed by atoms with Crippen LogP contribution in [0.2, 0.25) is 0 Å². The Morgan fingerprint density at radius 2 is 1.89 bits per heavy atom. The molecule has 2 N–H and O–H groups in total. The van der Waals surface area contributed by atoms with E-state index in [1.54, 1.807) is 19.4 Å². The maximum absolute atomic E-state index is 12.6. The van der Waals surface area contributed by atoms with Crippen LogP contribution in [0.25, 0.3) is 0 Å². The van der Waals surface area contributed by atoms with Gasteiger partial charge in [0.25, 0.3) is 5.91 Å². The van der Waals surface area contributed by atoms with Crippen LogP contribution in [-0.4, -0.2) is 23.0 Å². The molecule has 3 aromatic rings. The first kappa shape index (κ1) is 18.4. The molecule has 6 heteroatoms.